The fourth-order valence-corrected chi connectivity index (χ4v) is 4.58. The van der Waals surface area contributed by atoms with Crippen LogP contribution in [0.1, 0.15) is 42.6 Å². The van der Waals surface area contributed by atoms with Gasteiger partial charge in [-0.15, -0.1) is 0 Å². The number of aliphatic imine (C=N–C) groups is 1. The van der Waals surface area contributed by atoms with Gasteiger partial charge < -0.3 is 9.30 Å². The molecule has 3 heterocycles. The molecular weight excluding hydrogens is 417 g/mol. The first-order valence-electron chi connectivity index (χ1n) is 11.3. The van der Waals surface area contributed by atoms with Crippen molar-refractivity contribution in [3.8, 4) is 11.4 Å². The normalized spacial score (nSPS) is 18.4. The van der Waals surface area contributed by atoms with Crippen LogP contribution < -0.4 is 4.74 Å². The maximum atomic E-state index is 13.4. The number of piperidine rings is 1. The summed E-state index contributed by atoms with van der Waals surface area (Å²) in [5, 5.41) is 4.55. The number of amidine groups is 1. The van der Waals surface area contributed by atoms with E-state index in [4.69, 9.17) is 9.73 Å². The first kappa shape index (κ1) is 21.4. The zero-order valence-electron chi connectivity index (χ0n) is 19.2. The van der Waals surface area contributed by atoms with Gasteiger partial charge in [0.1, 0.15) is 24.1 Å². The molecule has 1 atom stereocenters. The Labute approximate surface area is 193 Å². The monoisotopic (exact) mass is 445 g/mol. The SMILES string of the molecule is COc1cc(C=C2CCCN3C2=NCN3[C@@H](C)c2ccc(F)cc2)ccc1-n1cnc(C)c1. The number of rotatable bonds is 5. The van der Waals surface area contributed by atoms with Crippen LogP contribution in [0.3, 0.4) is 0 Å². The lowest BCUT2D eigenvalue weighted by atomic mass is 10.0. The van der Waals surface area contributed by atoms with Crippen molar-refractivity contribution in [1.82, 2.24) is 19.6 Å². The van der Waals surface area contributed by atoms with Crippen LogP contribution in [-0.4, -0.2) is 45.7 Å². The van der Waals surface area contributed by atoms with E-state index in [0.29, 0.717) is 6.67 Å². The smallest absolute Gasteiger partial charge is 0.143 e. The van der Waals surface area contributed by atoms with Crippen molar-refractivity contribution in [1.29, 1.82) is 0 Å². The number of hydrazine groups is 1. The molecule has 0 aliphatic carbocycles. The van der Waals surface area contributed by atoms with Crippen molar-refractivity contribution in [3.63, 3.8) is 0 Å². The molecule has 7 heteroatoms. The second-order valence-corrected chi connectivity index (χ2v) is 8.54. The molecule has 2 aromatic carbocycles. The Hall–Kier alpha value is -3.45. The summed E-state index contributed by atoms with van der Waals surface area (Å²) >= 11 is 0. The van der Waals surface area contributed by atoms with Gasteiger partial charge in [-0.1, -0.05) is 18.2 Å². The highest BCUT2D eigenvalue weighted by atomic mass is 19.1. The zero-order chi connectivity index (χ0) is 22.9. The van der Waals surface area contributed by atoms with Crippen molar-refractivity contribution in [3.05, 3.63) is 83.2 Å². The summed E-state index contributed by atoms with van der Waals surface area (Å²) in [4.78, 5) is 9.19. The molecule has 170 valence electrons. The van der Waals surface area contributed by atoms with Gasteiger partial charge >= 0.3 is 0 Å². The highest BCUT2D eigenvalue weighted by Crippen LogP contribution is 2.33. The number of aryl methyl sites for hydroxylation is 1. The maximum Gasteiger partial charge on any atom is 0.143 e. The summed E-state index contributed by atoms with van der Waals surface area (Å²) < 4.78 is 21.0. The molecule has 2 aliphatic heterocycles. The molecule has 0 saturated carbocycles. The van der Waals surface area contributed by atoms with Gasteiger partial charge in [-0.3, -0.25) is 5.01 Å². The Morgan fingerprint density at radius 1 is 1.15 bits per heavy atom. The summed E-state index contributed by atoms with van der Waals surface area (Å²) in [5.74, 6) is 1.62. The molecule has 6 nitrogen and oxygen atoms in total. The van der Waals surface area contributed by atoms with E-state index in [0.717, 1.165) is 53.5 Å². The molecule has 0 bridgehead atoms. The van der Waals surface area contributed by atoms with Gasteiger partial charge in [-0.25, -0.2) is 14.4 Å². The van der Waals surface area contributed by atoms with Crippen LogP contribution in [0.2, 0.25) is 0 Å². The van der Waals surface area contributed by atoms with Crippen LogP contribution in [-0.2, 0) is 0 Å². The largest absolute Gasteiger partial charge is 0.495 e. The van der Waals surface area contributed by atoms with Crippen LogP contribution in [0.5, 0.6) is 5.75 Å². The number of halogens is 1. The highest BCUT2D eigenvalue weighted by molar-refractivity contribution is 6.03. The standard InChI is InChI=1S/C26H28FN5O/c1-18-15-30(16-28-18)24-11-6-20(14-25(24)33-3)13-22-5-4-12-31-26(22)29-17-32(31)19(2)21-7-9-23(27)10-8-21/h6-11,13-16,19H,4-5,12,17H2,1-3H3/t19-/m0/s1. The summed E-state index contributed by atoms with van der Waals surface area (Å²) in [5.41, 5.74) is 5.31. The van der Waals surface area contributed by atoms with Gasteiger partial charge in [0.25, 0.3) is 0 Å². The van der Waals surface area contributed by atoms with E-state index in [1.54, 1.807) is 13.4 Å². The first-order chi connectivity index (χ1) is 16.0. The molecule has 1 fully saturated rings. The highest BCUT2D eigenvalue weighted by Gasteiger charge is 2.34. The molecule has 2 aliphatic rings. The topological polar surface area (TPSA) is 45.9 Å². The summed E-state index contributed by atoms with van der Waals surface area (Å²) in [6.45, 7) is 5.65. The lowest BCUT2D eigenvalue weighted by Gasteiger charge is -2.38. The second-order valence-electron chi connectivity index (χ2n) is 8.54. The van der Waals surface area contributed by atoms with Crippen molar-refractivity contribution in [2.75, 3.05) is 20.3 Å². The molecule has 0 spiro atoms. The lowest BCUT2D eigenvalue weighted by Crippen LogP contribution is -2.45. The summed E-state index contributed by atoms with van der Waals surface area (Å²) in [6.07, 6.45) is 8.04. The number of aromatic nitrogens is 2. The minimum Gasteiger partial charge on any atom is -0.495 e. The third-order valence-corrected chi connectivity index (χ3v) is 6.36. The number of imidazole rings is 1. The molecule has 3 aromatic rings. The van der Waals surface area contributed by atoms with Crippen molar-refractivity contribution >= 4 is 11.9 Å². The van der Waals surface area contributed by atoms with E-state index in [-0.39, 0.29) is 11.9 Å². The molecule has 0 unspecified atom stereocenters. The summed E-state index contributed by atoms with van der Waals surface area (Å²) in [6, 6.07) is 13.1. The van der Waals surface area contributed by atoms with Crippen LogP contribution in [0.15, 0.2) is 65.6 Å². The van der Waals surface area contributed by atoms with Gasteiger partial charge in [-0.05, 0) is 73.7 Å². The molecule has 0 amide bonds. The van der Waals surface area contributed by atoms with Gasteiger partial charge in [0.05, 0.1) is 30.9 Å². The van der Waals surface area contributed by atoms with Crippen LogP contribution in [0.25, 0.3) is 11.8 Å². The Balaban J connectivity index is 1.39. The molecule has 1 saturated heterocycles. The van der Waals surface area contributed by atoms with Crippen molar-refractivity contribution in [2.45, 2.75) is 32.7 Å². The minimum absolute atomic E-state index is 0.115. The van der Waals surface area contributed by atoms with Crippen LogP contribution >= 0.6 is 0 Å². The molecule has 0 radical (unpaired) electrons. The number of benzene rings is 2. The Morgan fingerprint density at radius 3 is 2.70 bits per heavy atom. The average Bonchev–Trinajstić information content (AvgIpc) is 3.46. The van der Waals surface area contributed by atoms with Crippen LogP contribution in [0.4, 0.5) is 4.39 Å². The van der Waals surface area contributed by atoms with Gasteiger partial charge in [-0.2, -0.15) is 5.01 Å². The van der Waals surface area contributed by atoms with Crippen molar-refractivity contribution in [2.24, 2.45) is 4.99 Å². The molecule has 1 aromatic heterocycles. The Kier molecular flexibility index (Phi) is 5.72. The van der Waals surface area contributed by atoms with E-state index in [9.17, 15) is 4.39 Å². The minimum atomic E-state index is -0.211. The average molecular weight is 446 g/mol. The second kappa shape index (κ2) is 8.83. The number of hydrogen-bond acceptors (Lipinski definition) is 5. The quantitative estimate of drug-likeness (QED) is 0.545. The molecule has 5 rings (SSSR count). The molecule has 33 heavy (non-hydrogen) atoms. The third kappa shape index (κ3) is 4.16. The maximum absolute atomic E-state index is 13.4. The number of ether oxygens (including phenoxy) is 1. The predicted molar refractivity (Wildman–Crippen MR) is 128 cm³/mol. The molecule has 0 N–H and O–H groups in total. The lowest BCUT2D eigenvalue weighted by molar-refractivity contribution is 0.0233. The third-order valence-electron chi connectivity index (χ3n) is 6.36. The van der Waals surface area contributed by atoms with Crippen molar-refractivity contribution < 1.29 is 9.13 Å². The van der Waals surface area contributed by atoms with E-state index >= 15 is 0 Å². The Bertz CT molecular complexity index is 1210. The van der Waals surface area contributed by atoms with E-state index in [2.05, 4.69) is 46.2 Å². The van der Waals surface area contributed by atoms with E-state index in [1.807, 2.05) is 29.8 Å². The van der Waals surface area contributed by atoms with Gasteiger partial charge in [0.15, 0.2) is 0 Å². The predicted octanol–water partition coefficient (Wildman–Crippen LogP) is 5.16. The Morgan fingerprint density at radius 2 is 1.97 bits per heavy atom. The van der Waals surface area contributed by atoms with E-state index in [1.165, 1.54) is 17.7 Å². The number of nitrogens with zero attached hydrogens (tertiary/aromatic N) is 5. The number of methoxy groups -OCH3 is 1. The van der Waals surface area contributed by atoms with E-state index < -0.39 is 0 Å². The first-order valence-corrected chi connectivity index (χ1v) is 11.3. The molecular formula is C26H28FN5O. The fourth-order valence-electron chi connectivity index (χ4n) is 4.58. The summed E-state index contributed by atoms with van der Waals surface area (Å²) in [7, 11) is 1.69. The fraction of sp³-hybridized carbons (Fsp3) is 0.308. The van der Waals surface area contributed by atoms with Crippen LogP contribution in [0, 0.1) is 12.7 Å². The van der Waals surface area contributed by atoms with Gasteiger partial charge in [0, 0.05) is 12.7 Å². The number of fused-ring (bicyclic) bond motifs is 1. The zero-order valence-corrected chi connectivity index (χ0v) is 19.2. The number of hydrogen-bond donors (Lipinski definition) is 0. The van der Waals surface area contributed by atoms with Gasteiger partial charge in [0.2, 0.25) is 0 Å².